The van der Waals surface area contributed by atoms with Crippen molar-refractivity contribution < 1.29 is 14.3 Å². The first kappa shape index (κ1) is 23.7. The molecule has 0 atom stereocenters. The van der Waals surface area contributed by atoms with Gasteiger partial charge in [0.25, 0.3) is 11.8 Å². The highest BCUT2D eigenvalue weighted by molar-refractivity contribution is 7.80. The maximum Gasteiger partial charge on any atom is 0.265 e. The zero-order valence-corrected chi connectivity index (χ0v) is 20.9. The van der Waals surface area contributed by atoms with Gasteiger partial charge in [0.15, 0.2) is 5.11 Å². The number of carbonyl (C=O) groups is 2. The van der Waals surface area contributed by atoms with Gasteiger partial charge in [-0.2, -0.15) is 0 Å². The second kappa shape index (κ2) is 9.44. The Hall–Kier alpha value is -3.42. The van der Waals surface area contributed by atoms with Gasteiger partial charge in [-0.3, -0.25) is 19.4 Å². The highest BCUT2D eigenvalue weighted by atomic mass is 35.5. The molecule has 0 spiro atoms. The van der Waals surface area contributed by atoms with Crippen molar-refractivity contribution >= 4 is 46.8 Å². The van der Waals surface area contributed by atoms with Crippen molar-refractivity contribution in [2.45, 2.75) is 20.5 Å². The largest absolute Gasteiger partial charge is 0.489 e. The Bertz CT molecular complexity index is 1280. The van der Waals surface area contributed by atoms with E-state index in [0.717, 1.165) is 34.0 Å². The molecule has 0 unspecified atom stereocenters. The molecular formula is C26H24ClN3O3S. The van der Waals surface area contributed by atoms with E-state index in [1.165, 1.54) is 9.80 Å². The fraction of sp³-hybridized carbons (Fsp3) is 0.192. The molecule has 1 aliphatic heterocycles. The fourth-order valence-electron chi connectivity index (χ4n) is 3.90. The molecule has 1 saturated heterocycles. The average Bonchev–Trinajstić information content (AvgIpc) is 3.12. The number of nitrogens with zero attached hydrogens (tertiary/aromatic N) is 3. The predicted octanol–water partition coefficient (Wildman–Crippen LogP) is 4.93. The first-order chi connectivity index (χ1) is 16.2. The first-order valence-corrected chi connectivity index (χ1v) is 11.4. The highest BCUT2D eigenvalue weighted by Crippen LogP contribution is 2.26. The van der Waals surface area contributed by atoms with Gasteiger partial charge >= 0.3 is 0 Å². The average molecular weight is 494 g/mol. The molecule has 34 heavy (non-hydrogen) atoms. The van der Waals surface area contributed by atoms with Gasteiger partial charge in [0.05, 0.1) is 0 Å². The van der Waals surface area contributed by atoms with Crippen molar-refractivity contribution in [2.24, 2.45) is 0 Å². The number of hydrogen-bond acceptors (Lipinski definition) is 4. The molecule has 0 saturated carbocycles. The SMILES string of the molecule is Cc1cc(C=C2C(=O)N(C)C(=S)N(C)C2=O)c(C)n1-c1ccc(OCc2ccc(Cl)cc2)cc1. The second-order valence-electron chi connectivity index (χ2n) is 8.14. The van der Waals surface area contributed by atoms with Crippen molar-refractivity contribution in [2.75, 3.05) is 14.1 Å². The van der Waals surface area contributed by atoms with Crippen molar-refractivity contribution in [1.82, 2.24) is 14.4 Å². The maximum atomic E-state index is 12.7. The lowest BCUT2D eigenvalue weighted by Crippen LogP contribution is -2.52. The van der Waals surface area contributed by atoms with Gasteiger partial charge in [0.2, 0.25) is 0 Å². The smallest absolute Gasteiger partial charge is 0.265 e. The van der Waals surface area contributed by atoms with Crippen LogP contribution in [0.15, 0.2) is 60.2 Å². The van der Waals surface area contributed by atoms with Crippen LogP contribution in [0.2, 0.25) is 5.02 Å². The van der Waals surface area contributed by atoms with Crippen LogP contribution in [0.3, 0.4) is 0 Å². The van der Waals surface area contributed by atoms with Crippen LogP contribution in [0.4, 0.5) is 0 Å². The molecule has 4 rings (SSSR count). The lowest BCUT2D eigenvalue weighted by atomic mass is 10.1. The van der Waals surface area contributed by atoms with Gasteiger partial charge in [0.1, 0.15) is 17.9 Å². The van der Waals surface area contributed by atoms with Crippen LogP contribution in [-0.4, -0.2) is 45.4 Å². The number of halogens is 1. The summed E-state index contributed by atoms with van der Waals surface area (Å²) < 4.78 is 7.96. The minimum atomic E-state index is -0.403. The summed E-state index contributed by atoms with van der Waals surface area (Å²) in [6.07, 6.45) is 1.64. The van der Waals surface area contributed by atoms with Crippen LogP contribution >= 0.6 is 23.8 Å². The molecule has 6 nitrogen and oxygen atoms in total. The molecule has 174 valence electrons. The fourth-order valence-corrected chi connectivity index (χ4v) is 4.19. The molecule has 1 fully saturated rings. The Kier molecular flexibility index (Phi) is 6.59. The summed E-state index contributed by atoms with van der Waals surface area (Å²) >= 11 is 11.1. The third kappa shape index (κ3) is 4.49. The van der Waals surface area contributed by atoms with Gasteiger partial charge < -0.3 is 9.30 Å². The van der Waals surface area contributed by atoms with Gasteiger partial charge in [-0.05, 0) is 85.7 Å². The maximum absolute atomic E-state index is 12.7. The molecule has 0 bridgehead atoms. The number of carbonyl (C=O) groups excluding carboxylic acids is 2. The van der Waals surface area contributed by atoms with Crippen LogP contribution in [0.1, 0.15) is 22.5 Å². The van der Waals surface area contributed by atoms with Crippen LogP contribution in [0.5, 0.6) is 5.75 Å². The third-order valence-electron chi connectivity index (χ3n) is 5.83. The summed E-state index contributed by atoms with van der Waals surface area (Å²) in [4.78, 5) is 28.0. The first-order valence-electron chi connectivity index (χ1n) is 10.7. The molecule has 8 heteroatoms. The minimum Gasteiger partial charge on any atom is -0.489 e. The number of hydrogen-bond donors (Lipinski definition) is 0. The van der Waals surface area contributed by atoms with Crippen LogP contribution in [-0.2, 0) is 16.2 Å². The number of ether oxygens (including phenoxy) is 1. The summed E-state index contributed by atoms with van der Waals surface area (Å²) in [5.41, 5.74) is 4.77. The van der Waals surface area contributed by atoms with E-state index in [-0.39, 0.29) is 10.7 Å². The van der Waals surface area contributed by atoms with Crippen LogP contribution in [0, 0.1) is 13.8 Å². The normalized spacial score (nSPS) is 14.1. The number of likely N-dealkylation sites (N-methyl/N-ethyl adjacent to an activating group) is 2. The molecule has 2 aromatic carbocycles. The molecule has 0 radical (unpaired) electrons. The Labute approximate surface area is 209 Å². The molecular weight excluding hydrogens is 470 g/mol. The van der Waals surface area contributed by atoms with Crippen molar-refractivity contribution in [1.29, 1.82) is 0 Å². The molecule has 2 amide bonds. The molecule has 1 aromatic heterocycles. The second-order valence-corrected chi connectivity index (χ2v) is 8.94. The lowest BCUT2D eigenvalue weighted by molar-refractivity contribution is -0.132. The Balaban J connectivity index is 1.57. The van der Waals surface area contributed by atoms with E-state index in [4.69, 9.17) is 28.6 Å². The monoisotopic (exact) mass is 493 g/mol. The van der Waals surface area contributed by atoms with Crippen LogP contribution in [0.25, 0.3) is 11.8 Å². The standard InChI is InChI=1S/C26H24ClN3O3S/c1-16-13-19(14-23-24(31)28(3)26(34)29(4)25(23)32)17(2)30(16)21-9-11-22(12-10-21)33-15-18-5-7-20(27)8-6-18/h5-14H,15H2,1-4H3. The summed E-state index contributed by atoms with van der Waals surface area (Å²) in [7, 11) is 3.14. The number of aryl methyl sites for hydroxylation is 1. The Morgan fingerprint density at radius 1 is 0.941 bits per heavy atom. The van der Waals surface area contributed by atoms with Gasteiger partial charge in [0, 0.05) is 36.2 Å². The molecule has 3 aromatic rings. The van der Waals surface area contributed by atoms with Gasteiger partial charge in [-0.15, -0.1) is 0 Å². The van der Waals surface area contributed by atoms with E-state index in [1.807, 2.05) is 68.4 Å². The number of aromatic nitrogens is 1. The quantitative estimate of drug-likeness (QED) is 0.287. The van der Waals surface area contributed by atoms with Crippen molar-refractivity contribution in [3.05, 3.63) is 87.7 Å². The Morgan fingerprint density at radius 2 is 1.53 bits per heavy atom. The molecule has 0 N–H and O–H groups in total. The van der Waals surface area contributed by atoms with Crippen LogP contribution < -0.4 is 4.74 Å². The molecule has 1 aliphatic rings. The lowest BCUT2D eigenvalue weighted by Gasteiger charge is -2.31. The number of benzene rings is 2. The summed E-state index contributed by atoms with van der Waals surface area (Å²) in [5, 5.41) is 0.885. The summed E-state index contributed by atoms with van der Waals surface area (Å²) in [5.74, 6) is -0.0517. The Morgan fingerprint density at radius 3 is 2.12 bits per heavy atom. The van der Waals surface area contributed by atoms with Gasteiger partial charge in [-0.1, -0.05) is 23.7 Å². The summed E-state index contributed by atoms with van der Waals surface area (Å²) in [6, 6.07) is 17.3. The number of amides is 2. The molecule has 2 heterocycles. The van der Waals surface area contributed by atoms with E-state index in [0.29, 0.717) is 11.6 Å². The number of thiocarbonyl (C=S) groups is 1. The highest BCUT2D eigenvalue weighted by Gasteiger charge is 2.35. The molecule has 0 aliphatic carbocycles. The zero-order chi connectivity index (χ0) is 24.6. The van der Waals surface area contributed by atoms with E-state index < -0.39 is 11.8 Å². The van der Waals surface area contributed by atoms with E-state index in [2.05, 4.69) is 4.57 Å². The van der Waals surface area contributed by atoms with Crippen molar-refractivity contribution in [3.8, 4) is 11.4 Å². The predicted molar refractivity (Wildman–Crippen MR) is 137 cm³/mol. The van der Waals surface area contributed by atoms with E-state index in [9.17, 15) is 9.59 Å². The van der Waals surface area contributed by atoms with Crippen molar-refractivity contribution in [3.63, 3.8) is 0 Å². The topological polar surface area (TPSA) is 54.8 Å². The zero-order valence-electron chi connectivity index (χ0n) is 19.3. The summed E-state index contributed by atoms with van der Waals surface area (Å²) in [6.45, 7) is 4.39. The van der Waals surface area contributed by atoms with E-state index >= 15 is 0 Å². The number of rotatable bonds is 5. The minimum absolute atomic E-state index is 0.0878. The van der Waals surface area contributed by atoms with E-state index in [1.54, 1.807) is 20.2 Å². The van der Waals surface area contributed by atoms with Gasteiger partial charge in [-0.25, -0.2) is 0 Å². The third-order valence-corrected chi connectivity index (χ3v) is 6.63.